The van der Waals surface area contributed by atoms with Crippen LogP contribution in [0.2, 0.25) is 0 Å². The Morgan fingerprint density at radius 3 is 2.84 bits per heavy atom. The first-order valence-corrected chi connectivity index (χ1v) is 8.21. The Morgan fingerprint density at radius 2 is 2.16 bits per heavy atom. The van der Waals surface area contributed by atoms with E-state index in [1.807, 2.05) is 22.6 Å². The molecule has 19 heavy (non-hydrogen) atoms. The summed E-state index contributed by atoms with van der Waals surface area (Å²) in [5, 5.41) is 0.872. The maximum Gasteiger partial charge on any atom is 0.369 e. The molecule has 3 heterocycles. The van der Waals surface area contributed by atoms with Gasteiger partial charge in [0.2, 0.25) is 0 Å². The molecule has 3 rings (SSSR count). The number of thiazole rings is 1. The number of halogens is 1. The predicted octanol–water partition coefficient (Wildman–Crippen LogP) is 1.05. The molecular weight excluding hydrogens is 394 g/mol. The average molecular weight is 404 g/mol. The Morgan fingerprint density at radius 1 is 1.42 bits per heavy atom. The Kier molecular flexibility index (Phi) is 4.09. The number of aromatic amines is 1. The molecule has 6 nitrogen and oxygen atoms in total. The van der Waals surface area contributed by atoms with Gasteiger partial charge in [0.05, 0.1) is 0 Å². The summed E-state index contributed by atoms with van der Waals surface area (Å²) in [4.78, 5) is 25.4. The quantitative estimate of drug-likeness (QED) is 0.461. The molecule has 0 saturated carbocycles. The molecule has 0 atom stereocenters. The van der Waals surface area contributed by atoms with Crippen LogP contribution in [0.15, 0.2) is 4.79 Å². The van der Waals surface area contributed by atoms with E-state index in [0.29, 0.717) is 20.3 Å². The van der Waals surface area contributed by atoms with E-state index in [1.165, 1.54) is 11.3 Å². The molecule has 1 N–H and O–H groups in total. The van der Waals surface area contributed by atoms with Crippen molar-refractivity contribution < 1.29 is 3.79 Å². The number of rotatable bonds is 2. The number of hydrogen-bond donors (Lipinski definition) is 1. The van der Waals surface area contributed by atoms with Gasteiger partial charge in [-0.3, -0.25) is 4.79 Å². The number of nitrogens with zero attached hydrogens (tertiary/aromatic N) is 3. The molecule has 1 aliphatic rings. The monoisotopic (exact) mass is 404 g/mol. The molecule has 0 unspecified atom stereocenters. The fraction of sp³-hybridized carbons (Fsp3) is 0.500. The highest BCUT2D eigenvalue weighted by Crippen LogP contribution is 2.28. The van der Waals surface area contributed by atoms with Gasteiger partial charge in [-0.05, 0) is 35.4 Å². The first kappa shape index (κ1) is 13.8. The SMILES string of the molecule is O=c1[nH]c(I)nc2nc(N3CCC([O][Al])CC3)sc12. The van der Waals surface area contributed by atoms with E-state index in [2.05, 4.69) is 36.5 Å². The first-order chi connectivity index (χ1) is 9.17. The average Bonchev–Trinajstić information content (AvgIpc) is 2.83. The van der Waals surface area contributed by atoms with Crippen molar-refractivity contribution in [3.05, 3.63) is 14.2 Å². The summed E-state index contributed by atoms with van der Waals surface area (Å²) >= 11 is 5.72. The fourth-order valence-corrected chi connectivity index (χ4v) is 3.81. The lowest BCUT2D eigenvalue weighted by Gasteiger charge is -2.31. The Bertz CT molecular complexity index is 653. The number of hydrogen-bond acceptors (Lipinski definition) is 6. The number of H-pyrrole nitrogens is 1. The van der Waals surface area contributed by atoms with E-state index in [4.69, 9.17) is 3.79 Å². The van der Waals surface area contributed by atoms with E-state index in [-0.39, 0.29) is 5.56 Å². The van der Waals surface area contributed by atoms with Crippen LogP contribution in [0.4, 0.5) is 5.13 Å². The zero-order valence-electron chi connectivity index (χ0n) is 9.93. The van der Waals surface area contributed by atoms with E-state index >= 15 is 0 Å². The minimum absolute atomic E-state index is 0.110. The Balaban J connectivity index is 1.90. The largest absolute Gasteiger partial charge is 0.514 e. The molecule has 1 saturated heterocycles. The van der Waals surface area contributed by atoms with Crippen molar-refractivity contribution in [2.75, 3.05) is 18.0 Å². The van der Waals surface area contributed by atoms with Gasteiger partial charge in [0, 0.05) is 19.2 Å². The zero-order chi connectivity index (χ0) is 13.4. The molecule has 98 valence electrons. The standard InChI is InChI=1S/C10H10IN4O2S.Al/c11-9-12-7-6(8(17)14-9)18-10(13-7)15-3-1-5(16)2-4-15;/h5H,1-4H2,(H,12,14,17);/q-1;+1. The molecule has 2 aromatic rings. The molecule has 0 spiro atoms. The fourth-order valence-electron chi connectivity index (χ4n) is 2.11. The van der Waals surface area contributed by atoms with Crippen LogP contribution in [0.1, 0.15) is 12.8 Å². The van der Waals surface area contributed by atoms with Gasteiger partial charge in [0.15, 0.2) is 14.6 Å². The summed E-state index contributed by atoms with van der Waals surface area (Å²) < 4.78 is 6.44. The summed E-state index contributed by atoms with van der Waals surface area (Å²) in [6, 6.07) is 0. The summed E-state index contributed by atoms with van der Waals surface area (Å²) in [5.41, 5.74) is 0.430. The minimum Gasteiger partial charge on any atom is -0.514 e. The van der Waals surface area contributed by atoms with Gasteiger partial charge < -0.3 is 13.7 Å². The number of nitrogens with one attached hydrogen (secondary N) is 1. The number of fused-ring (bicyclic) bond motifs is 1. The molecule has 0 aromatic carbocycles. The molecule has 1 fully saturated rings. The van der Waals surface area contributed by atoms with Crippen LogP contribution in [-0.4, -0.2) is 50.8 Å². The van der Waals surface area contributed by atoms with Crippen molar-refractivity contribution in [1.82, 2.24) is 15.0 Å². The smallest absolute Gasteiger partial charge is 0.369 e. The van der Waals surface area contributed by atoms with Crippen LogP contribution in [-0.2, 0) is 3.79 Å². The molecular formula is C10H10AlIN4O2S. The molecule has 2 radical (unpaired) electrons. The van der Waals surface area contributed by atoms with E-state index in [9.17, 15) is 4.79 Å². The summed E-state index contributed by atoms with van der Waals surface area (Å²) in [6.45, 7) is 1.79. The third-order valence-electron chi connectivity index (χ3n) is 3.13. The molecule has 2 aromatic heterocycles. The topological polar surface area (TPSA) is 71.1 Å². The summed E-state index contributed by atoms with van der Waals surface area (Å²) in [7, 11) is 0. The van der Waals surface area contributed by atoms with Crippen LogP contribution < -0.4 is 10.5 Å². The second-order valence-corrected chi connectivity index (χ2v) is 6.60. The van der Waals surface area contributed by atoms with Crippen molar-refractivity contribution in [2.45, 2.75) is 18.9 Å². The maximum atomic E-state index is 11.8. The second kappa shape index (κ2) is 5.65. The Labute approximate surface area is 135 Å². The van der Waals surface area contributed by atoms with Crippen molar-refractivity contribution in [1.29, 1.82) is 0 Å². The van der Waals surface area contributed by atoms with Crippen LogP contribution in [0.5, 0.6) is 0 Å². The van der Waals surface area contributed by atoms with Gasteiger partial charge in [-0.25, -0.2) is 4.98 Å². The molecule has 1 aliphatic heterocycles. The highest BCUT2D eigenvalue weighted by Gasteiger charge is 2.21. The predicted molar refractivity (Wildman–Crippen MR) is 82.8 cm³/mol. The highest BCUT2D eigenvalue weighted by molar-refractivity contribution is 14.1. The zero-order valence-corrected chi connectivity index (χ0v) is 14.1. The molecule has 9 heteroatoms. The van der Waals surface area contributed by atoms with Crippen molar-refractivity contribution in [3.8, 4) is 0 Å². The highest BCUT2D eigenvalue weighted by atomic mass is 127. The summed E-state index contributed by atoms with van der Waals surface area (Å²) in [5.74, 6) is 0. The molecule has 0 aliphatic carbocycles. The third kappa shape index (κ3) is 2.80. The van der Waals surface area contributed by atoms with Crippen LogP contribution in [0.3, 0.4) is 0 Å². The Hall–Kier alpha value is -0.208. The van der Waals surface area contributed by atoms with E-state index in [1.54, 1.807) is 0 Å². The van der Waals surface area contributed by atoms with Gasteiger partial charge in [-0.15, -0.1) is 0 Å². The maximum absolute atomic E-state index is 11.8. The van der Waals surface area contributed by atoms with E-state index in [0.717, 1.165) is 31.1 Å². The summed E-state index contributed by atoms with van der Waals surface area (Å²) in [6.07, 6.45) is 2.25. The van der Waals surface area contributed by atoms with Crippen LogP contribution in [0, 0.1) is 3.83 Å². The van der Waals surface area contributed by atoms with Gasteiger partial charge in [-0.2, -0.15) is 4.98 Å². The van der Waals surface area contributed by atoms with Gasteiger partial charge >= 0.3 is 16.6 Å². The molecule has 0 bridgehead atoms. The van der Waals surface area contributed by atoms with Crippen molar-refractivity contribution in [2.24, 2.45) is 0 Å². The lowest BCUT2D eigenvalue weighted by atomic mass is 10.1. The number of anilines is 1. The normalized spacial score (nSPS) is 17.2. The second-order valence-electron chi connectivity index (χ2n) is 4.33. The van der Waals surface area contributed by atoms with Gasteiger partial charge in [0.1, 0.15) is 4.70 Å². The van der Waals surface area contributed by atoms with Gasteiger partial charge in [0.25, 0.3) is 5.56 Å². The first-order valence-electron chi connectivity index (χ1n) is 5.84. The van der Waals surface area contributed by atoms with Crippen molar-refractivity contribution in [3.63, 3.8) is 0 Å². The number of piperidine rings is 1. The third-order valence-corrected chi connectivity index (χ3v) is 5.13. The minimum atomic E-state index is -0.110. The lowest BCUT2D eigenvalue weighted by molar-refractivity contribution is 0.187. The molecule has 0 amide bonds. The van der Waals surface area contributed by atoms with E-state index < -0.39 is 0 Å². The van der Waals surface area contributed by atoms with Gasteiger partial charge in [-0.1, -0.05) is 11.3 Å². The van der Waals surface area contributed by atoms with Crippen molar-refractivity contribution >= 4 is 66.0 Å². The van der Waals surface area contributed by atoms with Crippen LogP contribution >= 0.6 is 33.9 Å². The number of aromatic nitrogens is 3. The van der Waals surface area contributed by atoms with Crippen LogP contribution in [0.25, 0.3) is 10.3 Å². The lowest BCUT2D eigenvalue weighted by Crippen LogP contribution is -2.36.